The standard InChI is InChI=1S/C15H26N2O/c1-6-17(12(2)11-18-5)15-10-8-7-9-14(15)13(3)16-4/h7-10,12-13,16H,6,11H2,1-5H3. The van der Waals surface area contributed by atoms with E-state index < -0.39 is 0 Å². The number of nitrogens with zero attached hydrogens (tertiary/aromatic N) is 1. The van der Waals surface area contributed by atoms with Crippen LogP contribution in [0.4, 0.5) is 5.69 Å². The van der Waals surface area contributed by atoms with Crippen LogP contribution in [0, 0.1) is 0 Å². The van der Waals surface area contributed by atoms with Crippen molar-refractivity contribution in [3.8, 4) is 0 Å². The van der Waals surface area contributed by atoms with Crippen LogP contribution in [-0.4, -0.2) is 33.4 Å². The molecule has 0 fully saturated rings. The first-order valence-electron chi connectivity index (χ1n) is 6.67. The van der Waals surface area contributed by atoms with Gasteiger partial charge in [0.05, 0.1) is 6.61 Å². The minimum Gasteiger partial charge on any atom is -0.383 e. The summed E-state index contributed by atoms with van der Waals surface area (Å²) in [6, 6.07) is 9.32. The lowest BCUT2D eigenvalue weighted by atomic mass is 10.0. The summed E-state index contributed by atoms with van der Waals surface area (Å²) in [6.45, 7) is 8.31. The van der Waals surface area contributed by atoms with Crippen LogP contribution in [-0.2, 0) is 4.74 Å². The number of methoxy groups -OCH3 is 1. The Hall–Kier alpha value is -1.06. The van der Waals surface area contributed by atoms with Crippen molar-refractivity contribution in [3.05, 3.63) is 29.8 Å². The average molecular weight is 250 g/mol. The number of likely N-dealkylation sites (N-methyl/N-ethyl adjacent to an activating group) is 1. The Kier molecular flexibility index (Phi) is 6.16. The van der Waals surface area contributed by atoms with Crippen molar-refractivity contribution in [2.45, 2.75) is 32.9 Å². The summed E-state index contributed by atoms with van der Waals surface area (Å²) >= 11 is 0. The van der Waals surface area contributed by atoms with Crippen molar-refractivity contribution >= 4 is 5.69 Å². The molecule has 0 aromatic heterocycles. The molecule has 1 aromatic carbocycles. The van der Waals surface area contributed by atoms with Crippen LogP contribution in [0.3, 0.4) is 0 Å². The molecular formula is C15H26N2O. The van der Waals surface area contributed by atoms with Gasteiger partial charge in [0.15, 0.2) is 0 Å². The highest BCUT2D eigenvalue weighted by atomic mass is 16.5. The molecule has 0 spiro atoms. The highest BCUT2D eigenvalue weighted by Gasteiger charge is 2.17. The van der Waals surface area contributed by atoms with Crippen molar-refractivity contribution in [1.82, 2.24) is 5.32 Å². The molecule has 0 bridgehead atoms. The lowest BCUT2D eigenvalue weighted by molar-refractivity contribution is 0.182. The number of hydrogen-bond donors (Lipinski definition) is 1. The van der Waals surface area contributed by atoms with Gasteiger partial charge in [-0.2, -0.15) is 0 Å². The van der Waals surface area contributed by atoms with Crippen molar-refractivity contribution in [1.29, 1.82) is 0 Å². The molecule has 0 amide bonds. The molecular weight excluding hydrogens is 224 g/mol. The minimum absolute atomic E-state index is 0.352. The maximum absolute atomic E-state index is 5.28. The van der Waals surface area contributed by atoms with E-state index in [1.807, 2.05) is 7.05 Å². The van der Waals surface area contributed by atoms with Gasteiger partial charge >= 0.3 is 0 Å². The van der Waals surface area contributed by atoms with Crippen molar-refractivity contribution in [2.75, 3.05) is 32.2 Å². The molecule has 3 heteroatoms. The predicted octanol–water partition coefficient (Wildman–Crippen LogP) is 2.83. The van der Waals surface area contributed by atoms with Crippen molar-refractivity contribution < 1.29 is 4.74 Å². The molecule has 0 radical (unpaired) electrons. The number of anilines is 1. The van der Waals surface area contributed by atoms with Crippen LogP contribution in [0.25, 0.3) is 0 Å². The normalized spacial score (nSPS) is 14.3. The second kappa shape index (κ2) is 7.39. The second-order valence-corrected chi connectivity index (χ2v) is 4.66. The molecule has 0 saturated heterocycles. The quantitative estimate of drug-likeness (QED) is 0.805. The molecule has 0 aliphatic heterocycles. The summed E-state index contributed by atoms with van der Waals surface area (Å²) < 4.78 is 5.28. The molecule has 1 rings (SSSR count). The summed E-state index contributed by atoms with van der Waals surface area (Å²) in [7, 11) is 3.75. The summed E-state index contributed by atoms with van der Waals surface area (Å²) in [5.41, 5.74) is 2.64. The van der Waals surface area contributed by atoms with Gasteiger partial charge in [-0.1, -0.05) is 18.2 Å². The van der Waals surface area contributed by atoms with E-state index in [9.17, 15) is 0 Å². The van der Waals surface area contributed by atoms with Crippen molar-refractivity contribution in [2.24, 2.45) is 0 Å². The summed E-state index contributed by atoms with van der Waals surface area (Å²) in [5.74, 6) is 0. The Balaban J connectivity index is 3.05. The number of nitrogens with one attached hydrogen (secondary N) is 1. The molecule has 1 aromatic rings. The number of para-hydroxylation sites is 1. The lowest BCUT2D eigenvalue weighted by Gasteiger charge is -2.32. The Labute approximate surface area is 111 Å². The van der Waals surface area contributed by atoms with E-state index in [1.54, 1.807) is 7.11 Å². The Morgan fingerprint density at radius 3 is 2.50 bits per heavy atom. The zero-order valence-corrected chi connectivity index (χ0v) is 12.2. The Bertz CT molecular complexity index is 354. The predicted molar refractivity (Wildman–Crippen MR) is 78.3 cm³/mol. The summed E-state index contributed by atoms with van der Waals surface area (Å²) in [5, 5.41) is 3.31. The van der Waals surface area contributed by atoms with Gasteiger partial charge in [-0.15, -0.1) is 0 Å². The van der Waals surface area contributed by atoms with Crippen LogP contribution in [0.2, 0.25) is 0 Å². The summed E-state index contributed by atoms with van der Waals surface area (Å²) in [6.07, 6.45) is 0. The van der Waals surface area contributed by atoms with E-state index in [4.69, 9.17) is 4.74 Å². The monoisotopic (exact) mass is 250 g/mol. The molecule has 1 N–H and O–H groups in total. The third-order valence-corrected chi connectivity index (χ3v) is 3.43. The lowest BCUT2D eigenvalue weighted by Crippen LogP contribution is -2.37. The molecule has 18 heavy (non-hydrogen) atoms. The van der Waals surface area contributed by atoms with Gasteiger partial charge < -0.3 is 15.0 Å². The summed E-state index contributed by atoms with van der Waals surface area (Å²) in [4.78, 5) is 2.40. The number of ether oxygens (including phenoxy) is 1. The van der Waals surface area contributed by atoms with E-state index in [1.165, 1.54) is 11.3 Å². The van der Waals surface area contributed by atoms with Gasteiger partial charge in [0.25, 0.3) is 0 Å². The largest absolute Gasteiger partial charge is 0.383 e. The van der Waals surface area contributed by atoms with Crippen LogP contribution in [0.5, 0.6) is 0 Å². The molecule has 2 unspecified atom stereocenters. The zero-order valence-electron chi connectivity index (χ0n) is 12.2. The van der Waals surface area contributed by atoms with Crippen molar-refractivity contribution in [3.63, 3.8) is 0 Å². The van der Waals surface area contributed by atoms with Crippen LogP contribution in [0.1, 0.15) is 32.4 Å². The van der Waals surface area contributed by atoms with Crippen LogP contribution >= 0.6 is 0 Å². The molecule has 0 aliphatic rings. The van der Waals surface area contributed by atoms with Gasteiger partial charge in [-0.05, 0) is 39.4 Å². The fourth-order valence-corrected chi connectivity index (χ4v) is 2.32. The van der Waals surface area contributed by atoms with Gasteiger partial charge in [-0.25, -0.2) is 0 Å². The van der Waals surface area contributed by atoms with Gasteiger partial charge in [0, 0.05) is 31.4 Å². The maximum atomic E-state index is 5.28. The highest BCUT2D eigenvalue weighted by Crippen LogP contribution is 2.27. The fourth-order valence-electron chi connectivity index (χ4n) is 2.32. The van der Waals surface area contributed by atoms with Gasteiger partial charge in [0.2, 0.25) is 0 Å². The first kappa shape index (κ1) is 15.0. The third kappa shape index (κ3) is 3.47. The van der Waals surface area contributed by atoms with E-state index in [-0.39, 0.29) is 0 Å². The van der Waals surface area contributed by atoms with Crippen LogP contribution < -0.4 is 10.2 Å². The number of benzene rings is 1. The molecule has 2 atom stereocenters. The average Bonchev–Trinajstić information content (AvgIpc) is 2.39. The fraction of sp³-hybridized carbons (Fsp3) is 0.600. The maximum Gasteiger partial charge on any atom is 0.0663 e. The van der Waals surface area contributed by atoms with Crippen LogP contribution in [0.15, 0.2) is 24.3 Å². The molecule has 3 nitrogen and oxygen atoms in total. The third-order valence-electron chi connectivity index (χ3n) is 3.43. The Morgan fingerprint density at radius 1 is 1.28 bits per heavy atom. The SMILES string of the molecule is CCN(c1ccccc1C(C)NC)C(C)COC. The second-order valence-electron chi connectivity index (χ2n) is 4.66. The topological polar surface area (TPSA) is 24.5 Å². The van der Waals surface area contributed by atoms with Gasteiger partial charge in [-0.3, -0.25) is 0 Å². The highest BCUT2D eigenvalue weighted by molar-refractivity contribution is 5.55. The van der Waals surface area contributed by atoms with E-state index in [0.717, 1.165) is 13.2 Å². The Morgan fingerprint density at radius 2 is 1.94 bits per heavy atom. The van der Waals surface area contributed by atoms with E-state index in [0.29, 0.717) is 12.1 Å². The zero-order chi connectivity index (χ0) is 13.5. The molecule has 102 valence electrons. The smallest absolute Gasteiger partial charge is 0.0663 e. The molecule has 0 aliphatic carbocycles. The first-order chi connectivity index (χ1) is 8.65. The number of hydrogen-bond acceptors (Lipinski definition) is 3. The van der Waals surface area contributed by atoms with Gasteiger partial charge in [0.1, 0.15) is 0 Å². The first-order valence-corrected chi connectivity index (χ1v) is 6.67. The molecule has 0 heterocycles. The molecule has 0 saturated carbocycles. The van der Waals surface area contributed by atoms with E-state index >= 15 is 0 Å². The number of rotatable bonds is 7. The van der Waals surface area contributed by atoms with E-state index in [2.05, 4.69) is 55.3 Å². The minimum atomic E-state index is 0.352.